The van der Waals surface area contributed by atoms with Crippen LogP contribution in [0.25, 0.3) is 0 Å². The van der Waals surface area contributed by atoms with Crippen molar-refractivity contribution in [3.63, 3.8) is 0 Å². The van der Waals surface area contributed by atoms with E-state index >= 15 is 0 Å². The Morgan fingerprint density at radius 1 is 1.00 bits per heavy atom. The molecule has 7 nitrogen and oxygen atoms in total. The first-order chi connectivity index (χ1) is 14.6. The van der Waals surface area contributed by atoms with Gasteiger partial charge in [-0.25, -0.2) is 8.42 Å². The number of hydrogen-bond donors (Lipinski definition) is 0. The van der Waals surface area contributed by atoms with E-state index in [-0.39, 0.29) is 11.3 Å². The number of methoxy groups -OCH3 is 1. The molecule has 0 unspecified atom stereocenters. The standard InChI is InChI=1S/C23H29N3O4S/c1-17(27)26-16-23(2,3)21-15-20(9-10-22(21)26)31(28,29)25-13-11-24(12-14-25)18-5-7-19(30-4)8-6-18/h5-10,15H,11-14,16H2,1-4H3. The minimum absolute atomic E-state index is 0.0305. The van der Waals surface area contributed by atoms with Crippen LogP contribution in [0.2, 0.25) is 0 Å². The van der Waals surface area contributed by atoms with Gasteiger partial charge in [-0.3, -0.25) is 4.79 Å². The molecule has 0 atom stereocenters. The smallest absolute Gasteiger partial charge is 0.243 e. The molecule has 2 aromatic carbocycles. The van der Waals surface area contributed by atoms with Crippen LogP contribution in [0.15, 0.2) is 47.4 Å². The highest BCUT2D eigenvalue weighted by Crippen LogP contribution is 2.42. The first-order valence-corrected chi connectivity index (χ1v) is 11.9. The fraction of sp³-hybridized carbons (Fsp3) is 0.435. The maximum Gasteiger partial charge on any atom is 0.243 e. The van der Waals surface area contributed by atoms with E-state index in [1.165, 1.54) is 6.92 Å². The van der Waals surface area contributed by atoms with E-state index in [2.05, 4.69) is 4.90 Å². The maximum absolute atomic E-state index is 13.4. The fourth-order valence-corrected chi connectivity index (χ4v) is 5.88. The van der Waals surface area contributed by atoms with Gasteiger partial charge >= 0.3 is 0 Å². The number of rotatable bonds is 4. The summed E-state index contributed by atoms with van der Waals surface area (Å²) < 4.78 is 33.5. The van der Waals surface area contributed by atoms with Gasteiger partial charge in [0.15, 0.2) is 0 Å². The van der Waals surface area contributed by atoms with Crippen LogP contribution >= 0.6 is 0 Å². The van der Waals surface area contributed by atoms with Gasteiger partial charge in [0.1, 0.15) is 5.75 Å². The Labute approximate surface area is 184 Å². The number of benzene rings is 2. The molecular weight excluding hydrogens is 414 g/mol. The quantitative estimate of drug-likeness (QED) is 0.727. The van der Waals surface area contributed by atoms with Crippen LogP contribution < -0.4 is 14.5 Å². The molecule has 31 heavy (non-hydrogen) atoms. The largest absolute Gasteiger partial charge is 0.497 e. The van der Waals surface area contributed by atoms with Crippen molar-refractivity contribution in [2.45, 2.75) is 31.1 Å². The van der Waals surface area contributed by atoms with Gasteiger partial charge in [-0.2, -0.15) is 4.31 Å². The highest BCUT2D eigenvalue weighted by molar-refractivity contribution is 7.89. The lowest BCUT2D eigenvalue weighted by Gasteiger charge is -2.35. The molecule has 0 N–H and O–H groups in total. The van der Waals surface area contributed by atoms with E-state index in [0.717, 1.165) is 22.7 Å². The number of piperazine rings is 1. The van der Waals surface area contributed by atoms with E-state index in [1.54, 1.807) is 34.5 Å². The average molecular weight is 444 g/mol. The summed E-state index contributed by atoms with van der Waals surface area (Å²) in [6.07, 6.45) is 0. The third-order valence-electron chi connectivity index (χ3n) is 6.24. The number of fused-ring (bicyclic) bond motifs is 1. The molecule has 0 spiro atoms. The zero-order valence-corrected chi connectivity index (χ0v) is 19.3. The zero-order valence-electron chi connectivity index (χ0n) is 18.5. The highest BCUT2D eigenvalue weighted by atomic mass is 32.2. The van der Waals surface area contributed by atoms with Crippen LogP contribution in [0.5, 0.6) is 5.75 Å². The lowest BCUT2D eigenvalue weighted by Crippen LogP contribution is -2.48. The van der Waals surface area contributed by atoms with Crippen LogP contribution in [0, 0.1) is 0 Å². The second-order valence-electron chi connectivity index (χ2n) is 8.76. The van der Waals surface area contributed by atoms with Gasteiger partial charge in [-0.05, 0) is 48.0 Å². The summed E-state index contributed by atoms with van der Waals surface area (Å²) >= 11 is 0. The second kappa shape index (κ2) is 7.84. The average Bonchev–Trinajstić information content (AvgIpc) is 3.04. The summed E-state index contributed by atoms with van der Waals surface area (Å²) in [6.45, 7) is 8.28. The van der Waals surface area contributed by atoms with Crippen molar-refractivity contribution < 1.29 is 17.9 Å². The third-order valence-corrected chi connectivity index (χ3v) is 8.13. The zero-order chi connectivity index (χ0) is 22.4. The molecule has 0 bridgehead atoms. The van der Waals surface area contributed by atoms with Crippen LogP contribution in [-0.2, 0) is 20.2 Å². The molecule has 0 saturated carbocycles. The summed E-state index contributed by atoms with van der Waals surface area (Å²) in [5.74, 6) is 0.768. The Bertz CT molecular complexity index is 1090. The molecule has 2 aromatic rings. The summed E-state index contributed by atoms with van der Waals surface area (Å²) in [4.78, 5) is 16.2. The second-order valence-corrected chi connectivity index (χ2v) is 10.7. The number of carbonyl (C=O) groups is 1. The normalized spacial score (nSPS) is 18.7. The third kappa shape index (κ3) is 3.90. The maximum atomic E-state index is 13.4. The van der Waals surface area contributed by atoms with Crippen molar-refractivity contribution in [3.05, 3.63) is 48.0 Å². The number of anilines is 2. The van der Waals surface area contributed by atoms with Crippen molar-refractivity contribution in [3.8, 4) is 5.75 Å². The minimum atomic E-state index is -3.60. The Hall–Kier alpha value is -2.58. The van der Waals surface area contributed by atoms with Crippen LogP contribution in [-0.4, -0.2) is 58.5 Å². The van der Waals surface area contributed by atoms with Crippen LogP contribution in [0.4, 0.5) is 11.4 Å². The van der Waals surface area contributed by atoms with Gasteiger partial charge < -0.3 is 14.5 Å². The number of nitrogens with zero attached hydrogens (tertiary/aromatic N) is 3. The summed E-state index contributed by atoms with van der Waals surface area (Å²) in [7, 11) is -1.97. The highest BCUT2D eigenvalue weighted by Gasteiger charge is 2.38. The molecule has 4 rings (SSSR count). The first-order valence-electron chi connectivity index (χ1n) is 10.5. The SMILES string of the molecule is COc1ccc(N2CCN(S(=O)(=O)c3ccc4c(c3)C(C)(C)CN4C(C)=O)CC2)cc1. The van der Waals surface area contributed by atoms with Gasteiger partial charge in [-0.1, -0.05) is 13.8 Å². The molecule has 2 aliphatic rings. The minimum Gasteiger partial charge on any atom is -0.497 e. The predicted octanol–water partition coefficient (Wildman–Crippen LogP) is 2.85. The predicted molar refractivity (Wildman–Crippen MR) is 121 cm³/mol. The van der Waals surface area contributed by atoms with Crippen molar-refractivity contribution in [1.82, 2.24) is 4.31 Å². The molecular formula is C23H29N3O4S. The van der Waals surface area contributed by atoms with E-state index in [9.17, 15) is 13.2 Å². The molecule has 2 heterocycles. The topological polar surface area (TPSA) is 70.2 Å². The molecule has 0 aliphatic carbocycles. The number of sulfonamides is 1. The summed E-state index contributed by atoms with van der Waals surface area (Å²) in [5, 5.41) is 0. The molecule has 1 saturated heterocycles. The Kier molecular flexibility index (Phi) is 5.47. The Morgan fingerprint density at radius 2 is 1.65 bits per heavy atom. The summed E-state index contributed by atoms with van der Waals surface area (Å²) in [6, 6.07) is 13.0. The number of carbonyl (C=O) groups excluding carboxylic acids is 1. The van der Waals surface area contributed by atoms with Gasteiger partial charge in [0.25, 0.3) is 0 Å². The van der Waals surface area contributed by atoms with Gasteiger partial charge in [0.2, 0.25) is 15.9 Å². The Morgan fingerprint density at radius 3 is 2.23 bits per heavy atom. The first kappa shape index (κ1) is 21.6. The van der Waals surface area contributed by atoms with Crippen LogP contribution in [0.3, 0.4) is 0 Å². The van der Waals surface area contributed by atoms with Crippen molar-refractivity contribution in [1.29, 1.82) is 0 Å². The fourth-order valence-electron chi connectivity index (χ4n) is 4.43. The number of ether oxygens (including phenoxy) is 1. The van der Waals surface area contributed by atoms with Crippen molar-refractivity contribution in [2.75, 3.05) is 49.6 Å². The van der Waals surface area contributed by atoms with Crippen LogP contribution in [0.1, 0.15) is 26.3 Å². The lowest BCUT2D eigenvalue weighted by atomic mass is 9.87. The van der Waals surface area contributed by atoms with Crippen molar-refractivity contribution in [2.24, 2.45) is 0 Å². The van der Waals surface area contributed by atoms with E-state index in [1.807, 2.05) is 38.1 Å². The lowest BCUT2D eigenvalue weighted by molar-refractivity contribution is -0.116. The number of hydrogen-bond acceptors (Lipinski definition) is 5. The van der Waals surface area contributed by atoms with E-state index < -0.39 is 10.0 Å². The molecule has 8 heteroatoms. The molecule has 2 aliphatic heterocycles. The molecule has 0 radical (unpaired) electrons. The van der Waals surface area contributed by atoms with E-state index in [4.69, 9.17) is 4.74 Å². The summed E-state index contributed by atoms with van der Waals surface area (Å²) in [5.41, 5.74) is 2.47. The molecule has 1 amide bonds. The van der Waals surface area contributed by atoms with Gasteiger partial charge in [0.05, 0.1) is 12.0 Å². The van der Waals surface area contributed by atoms with Crippen molar-refractivity contribution >= 4 is 27.3 Å². The Balaban J connectivity index is 1.53. The van der Waals surface area contributed by atoms with Gasteiger partial charge in [-0.15, -0.1) is 0 Å². The number of amides is 1. The van der Waals surface area contributed by atoms with E-state index in [0.29, 0.717) is 37.6 Å². The molecule has 166 valence electrons. The monoisotopic (exact) mass is 443 g/mol. The van der Waals surface area contributed by atoms with Gasteiger partial charge in [0, 0.05) is 56.4 Å². The molecule has 1 fully saturated rings. The molecule has 0 aromatic heterocycles.